The molecule has 0 atom stereocenters. The van der Waals surface area contributed by atoms with Crippen LogP contribution >= 0.6 is 24.0 Å². The van der Waals surface area contributed by atoms with E-state index in [9.17, 15) is 0 Å². The minimum atomic E-state index is 0. The van der Waals surface area contributed by atoms with Gasteiger partial charge < -0.3 is 15.4 Å². The maximum Gasteiger partial charge on any atom is 0.191 e. The molecular formula is C14H27IN6O. The summed E-state index contributed by atoms with van der Waals surface area (Å²) in [4.78, 5) is 8.66. The van der Waals surface area contributed by atoms with E-state index in [1.165, 1.54) is 12.8 Å². The van der Waals surface area contributed by atoms with Crippen LogP contribution in [0.4, 0.5) is 0 Å². The number of halogens is 1. The summed E-state index contributed by atoms with van der Waals surface area (Å²) in [7, 11) is 1.87. The molecule has 0 radical (unpaired) electrons. The molecule has 7 nitrogen and oxygen atoms in total. The van der Waals surface area contributed by atoms with Gasteiger partial charge in [0.1, 0.15) is 18.7 Å². The van der Waals surface area contributed by atoms with Gasteiger partial charge in [-0.2, -0.15) is 5.10 Å². The van der Waals surface area contributed by atoms with Crippen LogP contribution in [0.1, 0.15) is 32.0 Å². The lowest BCUT2D eigenvalue weighted by molar-refractivity contribution is 0.123. The predicted molar refractivity (Wildman–Crippen MR) is 97.4 cm³/mol. The molecule has 0 unspecified atom stereocenters. The maximum atomic E-state index is 5.61. The number of aromatic nitrogens is 3. The van der Waals surface area contributed by atoms with E-state index in [0.29, 0.717) is 6.54 Å². The van der Waals surface area contributed by atoms with Gasteiger partial charge in [-0.15, -0.1) is 24.0 Å². The first-order valence-electron chi connectivity index (χ1n) is 7.72. The van der Waals surface area contributed by atoms with Gasteiger partial charge in [-0.3, -0.25) is 4.68 Å². The van der Waals surface area contributed by atoms with E-state index in [4.69, 9.17) is 4.74 Å². The SMILES string of the molecule is CCNC(=NCc1ncnn1C)NCCCOCC1CC1.I. The molecule has 1 aliphatic carbocycles. The van der Waals surface area contributed by atoms with Crippen molar-refractivity contribution in [2.45, 2.75) is 32.7 Å². The predicted octanol–water partition coefficient (Wildman–Crippen LogP) is 1.30. The number of nitrogens with zero attached hydrogens (tertiary/aromatic N) is 4. The second-order valence-corrected chi connectivity index (χ2v) is 5.29. The molecule has 8 heteroatoms. The summed E-state index contributed by atoms with van der Waals surface area (Å²) < 4.78 is 7.35. The molecule has 0 spiro atoms. The lowest BCUT2D eigenvalue weighted by Crippen LogP contribution is -2.38. The van der Waals surface area contributed by atoms with Gasteiger partial charge in [0.2, 0.25) is 0 Å². The van der Waals surface area contributed by atoms with Gasteiger partial charge in [0.05, 0.1) is 0 Å². The van der Waals surface area contributed by atoms with Gasteiger partial charge in [0.15, 0.2) is 5.96 Å². The Hall–Kier alpha value is -0.900. The van der Waals surface area contributed by atoms with Crippen molar-refractivity contribution in [3.8, 4) is 0 Å². The van der Waals surface area contributed by atoms with Crippen LogP contribution in [0.5, 0.6) is 0 Å². The number of ether oxygens (including phenoxy) is 1. The minimum absolute atomic E-state index is 0. The van der Waals surface area contributed by atoms with Crippen LogP contribution in [0.15, 0.2) is 11.3 Å². The van der Waals surface area contributed by atoms with Gasteiger partial charge >= 0.3 is 0 Å². The number of rotatable bonds is 9. The zero-order valence-electron chi connectivity index (χ0n) is 13.4. The Kier molecular flexibility index (Phi) is 9.37. The molecule has 0 amide bonds. The van der Waals surface area contributed by atoms with Gasteiger partial charge in [0.25, 0.3) is 0 Å². The number of aryl methyl sites for hydroxylation is 1. The fourth-order valence-corrected chi connectivity index (χ4v) is 1.87. The summed E-state index contributed by atoms with van der Waals surface area (Å²) >= 11 is 0. The number of hydrogen-bond donors (Lipinski definition) is 2. The maximum absolute atomic E-state index is 5.61. The van der Waals surface area contributed by atoms with Gasteiger partial charge in [-0.1, -0.05) is 0 Å². The lowest BCUT2D eigenvalue weighted by Gasteiger charge is -2.11. The number of nitrogens with one attached hydrogen (secondary N) is 2. The highest BCUT2D eigenvalue weighted by molar-refractivity contribution is 14.0. The van der Waals surface area contributed by atoms with Gasteiger partial charge in [0, 0.05) is 33.4 Å². The van der Waals surface area contributed by atoms with Crippen molar-refractivity contribution in [1.82, 2.24) is 25.4 Å². The molecule has 1 saturated carbocycles. The van der Waals surface area contributed by atoms with Crippen LogP contribution in [0.3, 0.4) is 0 Å². The zero-order chi connectivity index (χ0) is 14.9. The highest BCUT2D eigenvalue weighted by Gasteiger charge is 2.20. The van der Waals surface area contributed by atoms with Crippen molar-refractivity contribution in [3.63, 3.8) is 0 Å². The normalized spacial score (nSPS) is 14.5. The van der Waals surface area contributed by atoms with Crippen molar-refractivity contribution >= 4 is 29.9 Å². The zero-order valence-corrected chi connectivity index (χ0v) is 15.7. The Labute approximate surface area is 149 Å². The fourth-order valence-electron chi connectivity index (χ4n) is 1.87. The average Bonchev–Trinajstić information content (AvgIpc) is 3.21. The smallest absolute Gasteiger partial charge is 0.191 e. The molecule has 126 valence electrons. The Morgan fingerprint density at radius 1 is 1.45 bits per heavy atom. The lowest BCUT2D eigenvalue weighted by atomic mass is 10.4. The van der Waals surface area contributed by atoms with E-state index in [0.717, 1.165) is 50.4 Å². The summed E-state index contributed by atoms with van der Waals surface area (Å²) in [5.74, 6) is 2.49. The van der Waals surface area contributed by atoms with Gasteiger partial charge in [-0.25, -0.2) is 9.98 Å². The first kappa shape index (κ1) is 19.1. The van der Waals surface area contributed by atoms with Crippen LogP contribution < -0.4 is 10.6 Å². The number of aliphatic imine (C=N–C) groups is 1. The Morgan fingerprint density at radius 2 is 2.27 bits per heavy atom. The summed E-state index contributed by atoms with van der Waals surface area (Å²) in [6.45, 7) is 6.01. The van der Waals surface area contributed by atoms with Crippen LogP contribution in [-0.2, 0) is 18.3 Å². The quantitative estimate of drug-likeness (QED) is 0.272. The van der Waals surface area contributed by atoms with E-state index < -0.39 is 0 Å². The van der Waals surface area contributed by atoms with E-state index >= 15 is 0 Å². The van der Waals surface area contributed by atoms with Crippen LogP contribution in [0.25, 0.3) is 0 Å². The van der Waals surface area contributed by atoms with E-state index in [1.54, 1.807) is 11.0 Å². The molecule has 2 N–H and O–H groups in total. The summed E-state index contributed by atoms with van der Waals surface area (Å²) in [5, 5.41) is 10.6. The Morgan fingerprint density at radius 3 is 2.91 bits per heavy atom. The first-order chi connectivity index (χ1) is 10.3. The summed E-state index contributed by atoms with van der Waals surface area (Å²) in [5.41, 5.74) is 0. The van der Waals surface area contributed by atoms with E-state index in [1.807, 2.05) is 7.05 Å². The van der Waals surface area contributed by atoms with Crippen molar-refractivity contribution in [2.75, 3.05) is 26.3 Å². The van der Waals surface area contributed by atoms with Crippen molar-refractivity contribution in [1.29, 1.82) is 0 Å². The molecule has 1 aromatic rings. The monoisotopic (exact) mass is 422 g/mol. The van der Waals surface area contributed by atoms with Crippen LogP contribution in [-0.4, -0.2) is 47.0 Å². The molecular weight excluding hydrogens is 395 g/mol. The summed E-state index contributed by atoms with van der Waals surface area (Å²) in [6, 6.07) is 0. The van der Waals surface area contributed by atoms with Crippen molar-refractivity contribution in [2.24, 2.45) is 18.0 Å². The van der Waals surface area contributed by atoms with Crippen LogP contribution in [0.2, 0.25) is 0 Å². The van der Waals surface area contributed by atoms with Crippen molar-refractivity contribution in [3.05, 3.63) is 12.2 Å². The molecule has 0 aliphatic heterocycles. The molecule has 0 saturated heterocycles. The highest BCUT2D eigenvalue weighted by atomic mass is 127. The third-order valence-electron chi connectivity index (χ3n) is 3.34. The minimum Gasteiger partial charge on any atom is -0.381 e. The topological polar surface area (TPSA) is 76.4 Å². The van der Waals surface area contributed by atoms with Crippen molar-refractivity contribution < 1.29 is 4.74 Å². The molecule has 22 heavy (non-hydrogen) atoms. The highest BCUT2D eigenvalue weighted by Crippen LogP contribution is 2.28. The number of hydrogen-bond acceptors (Lipinski definition) is 4. The molecule has 2 rings (SSSR count). The van der Waals surface area contributed by atoms with Gasteiger partial charge in [-0.05, 0) is 32.1 Å². The standard InChI is InChI=1S/C14H26N6O.HI/c1-3-15-14(17-9-13-18-11-19-20(13)2)16-7-4-8-21-10-12-5-6-12;/h11-12H,3-10H2,1-2H3,(H2,15,16,17);1H. The Balaban J connectivity index is 0.00000242. The molecule has 0 bridgehead atoms. The fraction of sp³-hybridized carbons (Fsp3) is 0.786. The second kappa shape index (κ2) is 10.8. The average molecular weight is 422 g/mol. The Bertz CT molecular complexity index is 446. The van der Waals surface area contributed by atoms with E-state index in [-0.39, 0.29) is 24.0 Å². The third kappa shape index (κ3) is 7.39. The van der Waals surface area contributed by atoms with E-state index in [2.05, 4.69) is 32.6 Å². The molecule has 1 aliphatic rings. The molecule has 1 fully saturated rings. The third-order valence-corrected chi connectivity index (χ3v) is 3.34. The second-order valence-electron chi connectivity index (χ2n) is 5.29. The first-order valence-corrected chi connectivity index (χ1v) is 7.72. The number of guanidine groups is 1. The summed E-state index contributed by atoms with van der Waals surface area (Å²) in [6.07, 6.45) is 5.22. The molecule has 1 heterocycles. The van der Waals surface area contributed by atoms with Crippen LogP contribution in [0, 0.1) is 5.92 Å². The molecule has 1 aromatic heterocycles. The molecule has 0 aromatic carbocycles. The largest absolute Gasteiger partial charge is 0.381 e.